The van der Waals surface area contributed by atoms with Crippen molar-refractivity contribution in [2.75, 3.05) is 19.7 Å². The number of hydrogen-bond donors (Lipinski definition) is 0. The van der Waals surface area contributed by atoms with Crippen molar-refractivity contribution in [1.82, 2.24) is 4.90 Å². The Labute approximate surface area is 145 Å². The third-order valence-electron chi connectivity index (χ3n) is 5.18. The van der Waals surface area contributed by atoms with Gasteiger partial charge in [0.15, 0.2) is 0 Å². The van der Waals surface area contributed by atoms with E-state index in [1.165, 1.54) is 12.0 Å². The molecule has 2 aliphatic rings. The minimum atomic E-state index is -0.101. The number of carbonyl (C=O) groups excluding carboxylic acids is 1. The summed E-state index contributed by atoms with van der Waals surface area (Å²) >= 11 is 0. The Morgan fingerprint density at radius 1 is 1.33 bits per heavy atom. The molecule has 2 heterocycles. The molecule has 132 valence electrons. The van der Waals surface area contributed by atoms with E-state index in [2.05, 4.69) is 35.2 Å². The summed E-state index contributed by atoms with van der Waals surface area (Å²) < 4.78 is 11.5. The first-order valence-corrected chi connectivity index (χ1v) is 9.29. The van der Waals surface area contributed by atoms with Crippen LogP contribution in [0.2, 0.25) is 0 Å². The number of esters is 1. The van der Waals surface area contributed by atoms with Gasteiger partial charge in [-0.15, -0.1) is 0 Å². The smallest absolute Gasteiger partial charge is 0.305 e. The van der Waals surface area contributed by atoms with Crippen molar-refractivity contribution in [1.29, 1.82) is 0 Å². The maximum Gasteiger partial charge on any atom is 0.305 e. The third-order valence-corrected chi connectivity index (χ3v) is 5.18. The molecule has 0 saturated carbocycles. The summed E-state index contributed by atoms with van der Waals surface area (Å²) in [6.45, 7) is 5.47. The van der Waals surface area contributed by atoms with Crippen molar-refractivity contribution in [3.8, 4) is 0 Å². The van der Waals surface area contributed by atoms with Crippen LogP contribution in [0.15, 0.2) is 30.3 Å². The molecule has 0 radical (unpaired) electrons. The second-order valence-corrected chi connectivity index (χ2v) is 7.11. The number of carbonyl (C=O) groups is 1. The van der Waals surface area contributed by atoms with E-state index in [9.17, 15) is 4.79 Å². The van der Waals surface area contributed by atoms with E-state index >= 15 is 0 Å². The summed E-state index contributed by atoms with van der Waals surface area (Å²) in [6.07, 6.45) is 6.00. The lowest BCUT2D eigenvalue weighted by atomic mass is 9.89. The second-order valence-electron chi connectivity index (χ2n) is 7.11. The fraction of sp³-hybridized carbons (Fsp3) is 0.650. The summed E-state index contributed by atoms with van der Waals surface area (Å²) in [5, 5.41) is 0. The van der Waals surface area contributed by atoms with Crippen molar-refractivity contribution in [3.05, 3.63) is 35.9 Å². The van der Waals surface area contributed by atoms with Gasteiger partial charge in [0.1, 0.15) is 0 Å². The van der Waals surface area contributed by atoms with E-state index in [-0.39, 0.29) is 17.7 Å². The lowest BCUT2D eigenvalue weighted by Gasteiger charge is -2.40. The van der Waals surface area contributed by atoms with E-state index in [4.69, 9.17) is 9.47 Å². The SMILES string of the molecule is CCOC(=O)CC[C@H]1CC[C@]2(CCCN(Cc3ccccc3)C2)O1. The molecule has 3 rings (SSSR count). The highest BCUT2D eigenvalue weighted by atomic mass is 16.5. The molecule has 2 fully saturated rings. The highest BCUT2D eigenvalue weighted by Crippen LogP contribution is 2.39. The van der Waals surface area contributed by atoms with Gasteiger partial charge in [-0.25, -0.2) is 0 Å². The zero-order valence-corrected chi connectivity index (χ0v) is 14.7. The summed E-state index contributed by atoms with van der Waals surface area (Å²) in [5.74, 6) is -0.101. The Hall–Kier alpha value is -1.39. The van der Waals surface area contributed by atoms with E-state index in [0.717, 1.165) is 45.3 Å². The predicted octanol–water partition coefficient (Wildman–Crippen LogP) is 3.54. The van der Waals surface area contributed by atoms with Gasteiger partial charge in [0, 0.05) is 19.5 Å². The van der Waals surface area contributed by atoms with E-state index in [1.54, 1.807) is 0 Å². The van der Waals surface area contributed by atoms with Crippen LogP contribution >= 0.6 is 0 Å². The zero-order valence-electron chi connectivity index (χ0n) is 14.7. The van der Waals surface area contributed by atoms with Gasteiger partial charge >= 0.3 is 5.97 Å². The largest absolute Gasteiger partial charge is 0.466 e. The van der Waals surface area contributed by atoms with Crippen LogP contribution in [0.3, 0.4) is 0 Å². The maximum atomic E-state index is 11.5. The molecule has 1 spiro atoms. The standard InChI is InChI=1S/C20H29NO3/c1-2-23-19(22)10-9-18-11-13-20(24-18)12-6-14-21(16-20)15-17-7-4-3-5-8-17/h3-5,7-8,18H,2,6,9-16H2,1H3/t18-,20-/m0/s1. The summed E-state index contributed by atoms with van der Waals surface area (Å²) in [4.78, 5) is 14.1. The minimum Gasteiger partial charge on any atom is -0.466 e. The quantitative estimate of drug-likeness (QED) is 0.747. The molecule has 1 aromatic rings. The van der Waals surface area contributed by atoms with Gasteiger partial charge in [-0.05, 0) is 51.1 Å². The summed E-state index contributed by atoms with van der Waals surface area (Å²) in [5.41, 5.74) is 1.37. The lowest BCUT2D eigenvalue weighted by Crippen LogP contribution is -2.47. The normalized spacial score (nSPS) is 27.5. The lowest BCUT2D eigenvalue weighted by molar-refractivity contribution is -0.144. The topological polar surface area (TPSA) is 38.8 Å². The van der Waals surface area contributed by atoms with E-state index in [0.29, 0.717) is 13.0 Å². The number of piperidine rings is 1. The Morgan fingerprint density at radius 3 is 2.96 bits per heavy atom. The van der Waals surface area contributed by atoms with Crippen molar-refractivity contribution in [2.45, 2.75) is 63.7 Å². The van der Waals surface area contributed by atoms with E-state index < -0.39 is 0 Å². The second kappa shape index (κ2) is 8.13. The molecule has 0 bridgehead atoms. The third kappa shape index (κ3) is 4.58. The monoisotopic (exact) mass is 331 g/mol. The molecule has 2 atom stereocenters. The molecule has 0 unspecified atom stereocenters. The molecular weight excluding hydrogens is 302 g/mol. The van der Waals surface area contributed by atoms with Crippen molar-refractivity contribution in [2.24, 2.45) is 0 Å². The Bertz CT molecular complexity index is 533. The number of ether oxygens (including phenoxy) is 2. The molecule has 0 aliphatic carbocycles. The summed E-state index contributed by atoms with van der Waals surface area (Å²) in [6, 6.07) is 10.7. The van der Waals surface area contributed by atoms with Crippen LogP contribution in [0, 0.1) is 0 Å². The fourth-order valence-electron chi connectivity index (χ4n) is 4.08. The molecule has 4 nitrogen and oxygen atoms in total. The van der Waals surface area contributed by atoms with Crippen LogP contribution in [0.5, 0.6) is 0 Å². The van der Waals surface area contributed by atoms with Crippen LogP contribution < -0.4 is 0 Å². The average molecular weight is 331 g/mol. The molecule has 2 aliphatic heterocycles. The highest BCUT2D eigenvalue weighted by Gasteiger charge is 2.43. The van der Waals surface area contributed by atoms with Crippen LogP contribution in [0.25, 0.3) is 0 Å². The first kappa shape index (κ1) is 17.4. The Balaban J connectivity index is 1.50. The molecule has 0 amide bonds. The van der Waals surface area contributed by atoms with Crippen LogP contribution in [-0.2, 0) is 20.8 Å². The molecule has 2 saturated heterocycles. The van der Waals surface area contributed by atoms with Crippen molar-refractivity contribution < 1.29 is 14.3 Å². The molecule has 0 aromatic heterocycles. The summed E-state index contributed by atoms with van der Waals surface area (Å²) in [7, 11) is 0. The fourth-order valence-corrected chi connectivity index (χ4v) is 4.08. The van der Waals surface area contributed by atoms with E-state index in [1.807, 2.05) is 6.92 Å². The van der Waals surface area contributed by atoms with Gasteiger partial charge in [-0.3, -0.25) is 9.69 Å². The first-order valence-electron chi connectivity index (χ1n) is 9.29. The average Bonchev–Trinajstić information content (AvgIpc) is 2.97. The van der Waals surface area contributed by atoms with Crippen LogP contribution in [-0.4, -0.2) is 42.3 Å². The van der Waals surface area contributed by atoms with Gasteiger partial charge in [-0.1, -0.05) is 30.3 Å². The first-order chi connectivity index (χ1) is 11.7. The number of rotatable bonds is 6. The van der Waals surface area contributed by atoms with Gasteiger partial charge in [-0.2, -0.15) is 0 Å². The number of nitrogens with zero attached hydrogens (tertiary/aromatic N) is 1. The Kier molecular flexibility index (Phi) is 5.90. The zero-order chi connectivity index (χ0) is 16.8. The van der Waals surface area contributed by atoms with Crippen LogP contribution in [0.4, 0.5) is 0 Å². The number of hydrogen-bond acceptors (Lipinski definition) is 4. The number of benzene rings is 1. The van der Waals surface area contributed by atoms with Gasteiger partial charge in [0.25, 0.3) is 0 Å². The molecule has 0 N–H and O–H groups in total. The van der Waals surface area contributed by atoms with Crippen molar-refractivity contribution in [3.63, 3.8) is 0 Å². The highest BCUT2D eigenvalue weighted by molar-refractivity contribution is 5.69. The number of likely N-dealkylation sites (tertiary alicyclic amines) is 1. The van der Waals surface area contributed by atoms with Crippen molar-refractivity contribution >= 4 is 5.97 Å². The maximum absolute atomic E-state index is 11.5. The molecule has 24 heavy (non-hydrogen) atoms. The van der Waals surface area contributed by atoms with Crippen LogP contribution in [0.1, 0.15) is 51.0 Å². The molecule has 1 aromatic carbocycles. The molecular formula is C20H29NO3. The predicted molar refractivity (Wildman–Crippen MR) is 93.7 cm³/mol. The van der Waals surface area contributed by atoms with Gasteiger partial charge < -0.3 is 9.47 Å². The molecule has 4 heteroatoms. The van der Waals surface area contributed by atoms with Gasteiger partial charge in [0.05, 0.1) is 18.3 Å². The minimum absolute atomic E-state index is 0.00631. The van der Waals surface area contributed by atoms with Gasteiger partial charge in [0.2, 0.25) is 0 Å². The Morgan fingerprint density at radius 2 is 2.17 bits per heavy atom.